The number of aryl methyl sites for hydroxylation is 1. The highest BCUT2D eigenvalue weighted by atomic mass is 35.5. The number of ether oxygens (including phenoxy) is 1. The Morgan fingerprint density at radius 3 is 2.63 bits per heavy atom. The van der Waals surface area contributed by atoms with Gasteiger partial charge in [-0.05, 0) is 42.8 Å². The van der Waals surface area contributed by atoms with Gasteiger partial charge in [-0.2, -0.15) is 0 Å². The number of benzene rings is 3. The van der Waals surface area contributed by atoms with Gasteiger partial charge in [-0.3, -0.25) is 4.79 Å². The van der Waals surface area contributed by atoms with Crippen molar-refractivity contribution in [3.8, 4) is 27.6 Å². The molecular weight excluding hydrogens is 416 g/mol. The number of halogens is 1. The Hall–Kier alpha value is -3.15. The molecule has 0 spiro atoms. The SMILES string of the molecule is Cc1ccccc1OCC(=O)Nc1cccc(-c2csc(-c3ccc(Cl)cc3)n2)c1. The number of carbonyl (C=O) groups excluding carboxylic acids is 1. The Balaban J connectivity index is 1.43. The van der Waals surface area contributed by atoms with E-state index in [0.29, 0.717) is 16.5 Å². The number of aromatic nitrogens is 1. The molecule has 0 saturated heterocycles. The van der Waals surface area contributed by atoms with Gasteiger partial charge in [0.1, 0.15) is 10.8 Å². The summed E-state index contributed by atoms with van der Waals surface area (Å²) in [6.45, 7) is 1.90. The lowest BCUT2D eigenvalue weighted by molar-refractivity contribution is -0.118. The van der Waals surface area contributed by atoms with Gasteiger partial charge >= 0.3 is 0 Å². The number of hydrogen-bond donors (Lipinski definition) is 1. The predicted molar refractivity (Wildman–Crippen MR) is 123 cm³/mol. The molecule has 0 unspecified atom stereocenters. The van der Waals surface area contributed by atoms with Crippen LogP contribution in [0.25, 0.3) is 21.8 Å². The summed E-state index contributed by atoms with van der Waals surface area (Å²) in [4.78, 5) is 17.0. The quantitative estimate of drug-likeness (QED) is 0.379. The van der Waals surface area contributed by atoms with Crippen LogP contribution in [0.5, 0.6) is 5.75 Å². The van der Waals surface area contributed by atoms with Crippen molar-refractivity contribution >= 4 is 34.5 Å². The zero-order valence-corrected chi connectivity index (χ0v) is 17.8. The molecule has 30 heavy (non-hydrogen) atoms. The average Bonchev–Trinajstić information content (AvgIpc) is 3.24. The Morgan fingerprint density at radius 2 is 1.83 bits per heavy atom. The lowest BCUT2D eigenvalue weighted by Gasteiger charge is -2.10. The fourth-order valence-corrected chi connectivity index (χ4v) is 3.91. The van der Waals surface area contributed by atoms with Crippen molar-refractivity contribution in [3.63, 3.8) is 0 Å². The summed E-state index contributed by atoms with van der Waals surface area (Å²) >= 11 is 7.53. The second kappa shape index (κ2) is 9.11. The van der Waals surface area contributed by atoms with Gasteiger partial charge in [-0.15, -0.1) is 11.3 Å². The molecule has 1 amide bonds. The molecule has 0 radical (unpaired) electrons. The Bertz CT molecular complexity index is 1170. The molecule has 1 heterocycles. The smallest absolute Gasteiger partial charge is 0.262 e. The summed E-state index contributed by atoms with van der Waals surface area (Å²) in [6, 6.07) is 22.9. The van der Waals surface area contributed by atoms with Crippen molar-refractivity contribution in [1.29, 1.82) is 0 Å². The molecule has 0 aliphatic rings. The molecule has 0 aliphatic heterocycles. The molecule has 0 bridgehead atoms. The Kier molecular flexibility index (Phi) is 6.12. The van der Waals surface area contributed by atoms with Crippen molar-refractivity contribution in [1.82, 2.24) is 4.98 Å². The molecule has 0 atom stereocenters. The van der Waals surface area contributed by atoms with Crippen LogP contribution in [-0.4, -0.2) is 17.5 Å². The number of carbonyl (C=O) groups is 1. The van der Waals surface area contributed by atoms with E-state index in [1.54, 1.807) is 11.3 Å². The zero-order chi connectivity index (χ0) is 20.9. The Labute approximate surface area is 184 Å². The third-order valence-corrected chi connectivity index (χ3v) is 5.63. The van der Waals surface area contributed by atoms with Crippen molar-refractivity contribution in [3.05, 3.63) is 88.8 Å². The maximum atomic E-state index is 12.3. The van der Waals surface area contributed by atoms with Crippen LogP contribution in [0.3, 0.4) is 0 Å². The minimum absolute atomic E-state index is 0.0491. The Morgan fingerprint density at radius 1 is 1.03 bits per heavy atom. The largest absolute Gasteiger partial charge is 0.483 e. The van der Waals surface area contributed by atoms with E-state index >= 15 is 0 Å². The van der Waals surface area contributed by atoms with Crippen LogP contribution in [0.2, 0.25) is 5.02 Å². The molecule has 4 aromatic rings. The van der Waals surface area contributed by atoms with Crippen molar-refractivity contribution < 1.29 is 9.53 Å². The molecular formula is C24H19ClN2O2S. The van der Waals surface area contributed by atoms with Gasteiger partial charge in [-0.1, -0.05) is 54.1 Å². The zero-order valence-electron chi connectivity index (χ0n) is 16.3. The lowest BCUT2D eigenvalue weighted by Crippen LogP contribution is -2.20. The number of amides is 1. The molecule has 4 nitrogen and oxygen atoms in total. The number of nitrogens with zero attached hydrogens (tertiary/aromatic N) is 1. The van der Waals surface area contributed by atoms with Gasteiger partial charge in [0, 0.05) is 27.2 Å². The highest BCUT2D eigenvalue weighted by Gasteiger charge is 2.09. The normalized spacial score (nSPS) is 10.6. The summed E-state index contributed by atoms with van der Waals surface area (Å²) in [6.07, 6.45) is 0. The van der Waals surface area contributed by atoms with E-state index in [2.05, 4.69) is 5.32 Å². The van der Waals surface area contributed by atoms with Gasteiger partial charge in [0.15, 0.2) is 6.61 Å². The fourth-order valence-electron chi connectivity index (χ4n) is 2.95. The predicted octanol–water partition coefficient (Wildman–Crippen LogP) is 6.46. The molecule has 1 aromatic heterocycles. The molecule has 3 aromatic carbocycles. The summed E-state index contributed by atoms with van der Waals surface area (Å²) < 4.78 is 5.61. The number of para-hydroxylation sites is 1. The topological polar surface area (TPSA) is 51.2 Å². The van der Waals surface area contributed by atoms with Crippen LogP contribution in [0, 0.1) is 6.92 Å². The van der Waals surface area contributed by atoms with Crippen LogP contribution in [0.15, 0.2) is 78.2 Å². The first-order valence-corrected chi connectivity index (χ1v) is 10.6. The average molecular weight is 435 g/mol. The minimum atomic E-state index is -0.212. The molecule has 0 saturated carbocycles. The van der Waals surface area contributed by atoms with Gasteiger partial charge in [-0.25, -0.2) is 4.98 Å². The first-order chi connectivity index (χ1) is 14.6. The van der Waals surface area contributed by atoms with Crippen LogP contribution >= 0.6 is 22.9 Å². The lowest BCUT2D eigenvalue weighted by atomic mass is 10.1. The van der Waals surface area contributed by atoms with Crippen LogP contribution in [-0.2, 0) is 4.79 Å². The third kappa shape index (κ3) is 4.87. The summed E-state index contributed by atoms with van der Waals surface area (Å²) in [5.41, 5.74) is 4.51. The maximum Gasteiger partial charge on any atom is 0.262 e. The van der Waals surface area contributed by atoms with E-state index in [1.165, 1.54) is 0 Å². The van der Waals surface area contributed by atoms with E-state index < -0.39 is 0 Å². The number of thiazole rings is 1. The van der Waals surface area contributed by atoms with E-state index in [0.717, 1.165) is 27.4 Å². The molecule has 1 N–H and O–H groups in total. The minimum Gasteiger partial charge on any atom is -0.483 e. The van der Waals surface area contributed by atoms with Crippen LogP contribution in [0.1, 0.15) is 5.56 Å². The summed E-state index contributed by atoms with van der Waals surface area (Å²) in [5.74, 6) is 0.495. The van der Waals surface area contributed by atoms with Gasteiger partial charge < -0.3 is 10.1 Å². The molecule has 150 valence electrons. The standard InChI is InChI=1S/C24H19ClN2O2S/c1-16-5-2-3-8-22(16)29-14-23(28)26-20-7-4-6-18(13-20)21-15-30-24(27-21)17-9-11-19(25)12-10-17/h2-13,15H,14H2,1H3,(H,26,28). The van der Waals surface area contributed by atoms with Crippen molar-refractivity contribution in [2.24, 2.45) is 0 Å². The van der Waals surface area contributed by atoms with Gasteiger partial charge in [0.2, 0.25) is 0 Å². The number of rotatable bonds is 6. The molecule has 4 rings (SSSR count). The summed E-state index contributed by atoms with van der Waals surface area (Å²) in [7, 11) is 0. The molecule has 6 heteroatoms. The first-order valence-electron chi connectivity index (χ1n) is 9.39. The second-order valence-electron chi connectivity index (χ2n) is 6.73. The maximum absolute atomic E-state index is 12.3. The van der Waals surface area contributed by atoms with Crippen molar-refractivity contribution in [2.75, 3.05) is 11.9 Å². The summed E-state index contributed by atoms with van der Waals surface area (Å²) in [5, 5.41) is 6.51. The fraction of sp³-hybridized carbons (Fsp3) is 0.0833. The third-order valence-electron chi connectivity index (χ3n) is 4.49. The van der Waals surface area contributed by atoms with Crippen LogP contribution < -0.4 is 10.1 Å². The first kappa shape index (κ1) is 20.1. The number of anilines is 1. The van der Waals surface area contributed by atoms with Crippen LogP contribution in [0.4, 0.5) is 5.69 Å². The van der Waals surface area contributed by atoms with E-state index in [-0.39, 0.29) is 12.5 Å². The van der Waals surface area contributed by atoms with Crippen molar-refractivity contribution in [2.45, 2.75) is 6.92 Å². The molecule has 0 fully saturated rings. The number of nitrogens with one attached hydrogen (secondary N) is 1. The van der Waals surface area contributed by atoms with Gasteiger partial charge in [0.05, 0.1) is 5.69 Å². The molecule has 0 aliphatic carbocycles. The van der Waals surface area contributed by atoms with Gasteiger partial charge in [0.25, 0.3) is 5.91 Å². The second-order valence-corrected chi connectivity index (χ2v) is 8.02. The highest BCUT2D eigenvalue weighted by molar-refractivity contribution is 7.13. The monoisotopic (exact) mass is 434 g/mol. The van der Waals surface area contributed by atoms with E-state index in [4.69, 9.17) is 21.3 Å². The highest BCUT2D eigenvalue weighted by Crippen LogP contribution is 2.30. The van der Waals surface area contributed by atoms with E-state index in [1.807, 2.05) is 85.1 Å². The number of hydrogen-bond acceptors (Lipinski definition) is 4. The van der Waals surface area contributed by atoms with E-state index in [9.17, 15) is 4.79 Å².